The minimum atomic E-state index is 0.288. The van der Waals surface area contributed by atoms with Crippen molar-refractivity contribution in [2.45, 2.75) is 39.0 Å². The molecule has 1 aromatic carbocycles. The molecular weight excluding hydrogens is 328 g/mol. The van der Waals surface area contributed by atoms with Crippen LogP contribution in [0.5, 0.6) is 11.5 Å². The number of benzene rings is 1. The summed E-state index contributed by atoms with van der Waals surface area (Å²) in [5, 5.41) is 0. The average Bonchev–Trinajstić information content (AvgIpc) is 3.14. The van der Waals surface area contributed by atoms with Crippen molar-refractivity contribution in [2.75, 3.05) is 27.4 Å². The van der Waals surface area contributed by atoms with E-state index in [-0.39, 0.29) is 6.10 Å². The molecule has 1 atom stereocenters. The molecule has 5 nitrogen and oxygen atoms in total. The van der Waals surface area contributed by atoms with Gasteiger partial charge in [-0.2, -0.15) is 0 Å². The van der Waals surface area contributed by atoms with E-state index in [0.29, 0.717) is 0 Å². The van der Waals surface area contributed by atoms with Gasteiger partial charge in [-0.15, -0.1) is 0 Å². The predicted molar refractivity (Wildman–Crippen MR) is 102 cm³/mol. The number of nitrogens with zero attached hydrogens (tertiary/aromatic N) is 2. The summed E-state index contributed by atoms with van der Waals surface area (Å²) in [5.74, 6) is 1.71. The second kappa shape index (κ2) is 9.01. The molecule has 3 rings (SSSR count). The van der Waals surface area contributed by atoms with Crippen molar-refractivity contribution >= 4 is 0 Å². The van der Waals surface area contributed by atoms with Crippen molar-refractivity contribution in [3.8, 4) is 11.5 Å². The zero-order valence-electron chi connectivity index (χ0n) is 15.9. The fraction of sp³-hybridized carbons (Fsp3) is 0.476. The Morgan fingerprint density at radius 1 is 1.15 bits per heavy atom. The molecule has 5 heteroatoms. The second-order valence-corrected chi connectivity index (χ2v) is 6.75. The maximum atomic E-state index is 5.87. The lowest BCUT2D eigenvalue weighted by Gasteiger charge is -2.26. The van der Waals surface area contributed by atoms with Gasteiger partial charge in [0.2, 0.25) is 0 Å². The summed E-state index contributed by atoms with van der Waals surface area (Å²) < 4.78 is 16.8. The van der Waals surface area contributed by atoms with Crippen LogP contribution in [0.3, 0.4) is 0 Å². The fourth-order valence-corrected chi connectivity index (χ4v) is 3.42. The van der Waals surface area contributed by atoms with Gasteiger partial charge in [-0.1, -0.05) is 6.07 Å². The zero-order chi connectivity index (χ0) is 18.4. The Bertz CT molecular complexity index is 714. The summed E-state index contributed by atoms with van der Waals surface area (Å²) in [7, 11) is 3.39. The molecule has 26 heavy (non-hydrogen) atoms. The van der Waals surface area contributed by atoms with Gasteiger partial charge in [0.05, 0.1) is 26.0 Å². The standard InChI is InChI=1S/C21H28N2O3/c1-16-6-4-7-18(22-16)14-23(15-20-8-5-11-26-20)13-17-12-19(24-2)9-10-21(17)25-3/h4,6-7,9-10,12,20H,5,8,11,13-15H2,1-3H3. The van der Waals surface area contributed by atoms with Crippen molar-refractivity contribution in [1.82, 2.24) is 9.88 Å². The van der Waals surface area contributed by atoms with Crippen molar-refractivity contribution in [2.24, 2.45) is 0 Å². The normalized spacial score (nSPS) is 16.8. The highest BCUT2D eigenvalue weighted by atomic mass is 16.5. The van der Waals surface area contributed by atoms with Crippen molar-refractivity contribution in [1.29, 1.82) is 0 Å². The van der Waals surface area contributed by atoms with Gasteiger partial charge in [-0.3, -0.25) is 9.88 Å². The zero-order valence-corrected chi connectivity index (χ0v) is 15.9. The van der Waals surface area contributed by atoms with E-state index >= 15 is 0 Å². The van der Waals surface area contributed by atoms with Gasteiger partial charge in [0.15, 0.2) is 0 Å². The highest BCUT2D eigenvalue weighted by molar-refractivity contribution is 5.40. The van der Waals surface area contributed by atoms with E-state index in [1.807, 2.05) is 31.2 Å². The number of hydrogen-bond acceptors (Lipinski definition) is 5. The SMILES string of the molecule is COc1ccc(OC)c(CN(Cc2cccc(C)n2)CC2CCCO2)c1. The first-order chi connectivity index (χ1) is 12.7. The Kier molecular flexibility index (Phi) is 6.47. The predicted octanol–water partition coefficient (Wildman–Crippen LogP) is 3.59. The molecular formula is C21H28N2O3. The first-order valence-corrected chi connectivity index (χ1v) is 9.15. The molecule has 0 spiro atoms. The molecule has 2 aromatic rings. The molecule has 1 fully saturated rings. The first-order valence-electron chi connectivity index (χ1n) is 9.15. The van der Waals surface area contributed by atoms with Crippen LogP contribution in [0, 0.1) is 6.92 Å². The lowest BCUT2D eigenvalue weighted by molar-refractivity contribution is 0.0671. The number of methoxy groups -OCH3 is 2. The van der Waals surface area contributed by atoms with Crippen LogP contribution in [0.15, 0.2) is 36.4 Å². The minimum absolute atomic E-state index is 0.288. The minimum Gasteiger partial charge on any atom is -0.497 e. The Balaban J connectivity index is 1.80. The van der Waals surface area contributed by atoms with Crippen LogP contribution in [0.1, 0.15) is 29.8 Å². The third kappa shape index (κ3) is 4.96. The van der Waals surface area contributed by atoms with E-state index < -0.39 is 0 Å². The van der Waals surface area contributed by atoms with E-state index in [1.165, 1.54) is 0 Å². The number of rotatable bonds is 8. The van der Waals surface area contributed by atoms with Gasteiger partial charge < -0.3 is 14.2 Å². The van der Waals surface area contributed by atoms with Crippen LogP contribution in [-0.4, -0.2) is 43.4 Å². The third-order valence-electron chi connectivity index (χ3n) is 4.70. The van der Waals surface area contributed by atoms with E-state index in [0.717, 1.165) is 67.5 Å². The quantitative estimate of drug-likeness (QED) is 0.723. The Morgan fingerprint density at radius 3 is 2.73 bits per heavy atom. The molecule has 1 saturated heterocycles. The second-order valence-electron chi connectivity index (χ2n) is 6.75. The molecule has 0 N–H and O–H groups in total. The van der Waals surface area contributed by atoms with E-state index in [1.54, 1.807) is 14.2 Å². The largest absolute Gasteiger partial charge is 0.497 e. The molecule has 2 heterocycles. The fourth-order valence-electron chi connectivity index (χ4n) is 3.42. The number of hydrogen-bond donors (Lipinski definition) is 0. The summed E-state index contributed by atoms with van der Waals surface area (Å²) in [4.78, 5) is 7.05. The summed E-state index contributed by atoms with van der Waals surface area (Å²) in [6.45, 7) is 5.32. The van der Waals surface area contributed by atoms with Gasteiger partial charge in [0.25, 0.3) is 0 Å². The number of aromatic nitrogens is 1. The molecule has 1 aliphatic heterocycles. The highest BCUT2D eigenvalue weighted by Crippen LogP contribution is 2.26. The summed E-state index contributed by atoms with van der Waals surface area (Å²) in [5.41, 5.74) is 3.22. The molecule has 0 saturated carbocycles. The average molecular weight is 356 g/mol. The van der Waals surface area contributed by atoms with Crippen LogP contribution in [0.2, 0.25) is 0 Å². The number of aryl methyl sites for hydroxylation is 1. The molecule has 1 aliphatic rings. The molecule has 0 bridgehead atoms. The van der Waals surface area contributed by atoms with Crippen LogP contribution >= 0.6 is 0 Å². The molecule has 0 radical (unpaired) electrons. The molecule has 0 amide bonds. The smallest absolute Gasteiger partial charge is 0.123 e. The van der Waals surface area contributed by atoms with Gasteiger partial charge >= 0.3 is 0 Å². The Labute approximate surface area is 155 Å². The summed E-state index contributed by atoms with van der Waals surface area (Å²) in [6.07, 6.45) is 2.55. The third-order valence-corrected chi connectivity index (χ3v) is 4.70. The summed E-state index contributed by atoms with van der Waals surface area (Å²) in [6, 6.07) is 12.1. The molecule has 1 unspecified atom stereocenters. The lowest BCUT2D eigenvalue weighted by Crippen LogP contribution is -2.32. The first kappa shape index (κ1) is 18.7. The maximum absolute atomic E-state index is 5.87. The van der Waals surface area contributed by atoms with E-state index in [4.69, 9.17) is 14.2 Å². The van der Waals surface area contributed by atoms with Crippen LogP contribution in [-0.2, 0) is 17.8 Å². The van der Waals surface area contributed by atoms with Crippen molar-refractivity contribution in [3.63, 3.8) is 0 Å². The maximum Gasteiger partial charge on any atom is 0.123 e. The Hall–Kier alpha value is -2.11. The van der Waals surface area contributed by atoms with Crippen molar-refractivity contribution < 1.29 is 14.2 Å². The van der Waals surface area contributed by atoms with Gasteiger partial charge in [-0.05, 0) is 50.1 Å². The lowest BCUT2D eigenvalue weighted by atomic mass is 10.1. The molecule has 140 valence electrons. The monoisotopic (exact) mass is 356 g/mol. The van der Waals surface area contributed by atoms with Crippen LogP contribution < -0.4 is 9.47 Å². The highest BCUT2D eigenvalue weighted by Gasteiger charge is 2.21. The van der Waals surface area contributed by atoms with E-state index in [9.17, 15) is 0 Å². The van der Waals surface area contributed by atoms with Crippen LogP contribution in [0.4, 0.5) is 0 Å². The van der Waals surface area contributed by atoms with E-state index in [2.05, 4.69) is 22.0 Å². The van der Waals surface area contributed by atoms with Crippen molar-refractivity contribution in [3.05, 3.63) is 53.3 Å². The van der Waals surface area contributed by atoms with Gasteiger partial charge in [-0.25, -0.2) is 0 Å². The van der Waals surface area contributed by atoms with Gasteiger partial charge in [0, 0.05) is 37.5 Å². The number of ether oxygens (including phenoxy) is 3. The topological polar surface area (TPSA) is 43.8 Å². The van der Waals surface area contributed by atoms with Crippen LogP contribution in [0.25, 0.3) is 0 Å². The molecule has 1 aromatic heterocycles. The van der Waals surface area contributed by atoms with Gasteiger partial charge in [0.1, 0.15) is 11.5 Å². The molecule has 0 aliphatic carbocycles. The number of pyridine rings is 1. The Morgan fingerprint density at radius 2 is 2.04 bits per heavy atom. The summed E-state index contributed by atoms with van der Waals surface area (Å²) >= 11 is 0.